The lowest BCUT2D eigenvalue weighted by Gasteiger charge is -2.11. The first-order chi connectivity index (χ1) is 13.5. The molecule has 1 heterocycles. The van der Waals surface area contributed by atoms with Crippen LogP contribution in [0.4, 0.5) is 11.4 Å². The largest absolute Gasteiger partial charge is 0.490 e. The van der Waals surface area contributed by atoms with Gasteiger partial charge in [-0.2, -0.15) is 0 Å². The Hall–Kier alpha value is -2.49. The van der Waals surface area contributed by atoms with E-state index < -0.39 is 0 Å². The molecule has 2 aromatic rings. The summed E-state index contributed by atoms with van der Waals surface area (Å²) in [5.41, 5.74) is 8.55. The molecule has 156 valence electrons. The summed E-state index contributed by atoms with van der Waals surface area (Å²) in [6, 6.07) is 13.1. The highest BCUT2D eigenvalue weighted by molar-refractivity contribution is 14.0. The topological polar surface area (TPSA) is 98.0 Å². The fourth-order valence-electron chi connectivity index (χ4n) is 2.58. The SMILES string of the molecule is CC(C)C(=O)Nc1ccc(CN=C(N)Nc2ccc3c(c2)OCCCO3)cc1.I. The normalized spacial score (nSPS) is 13.3. The molecule has 0 atom stereocenters. The van der Waals surface area contributed by atoms with Gasteiger partial charge < -0.3 is 25.8 Å². The average molecular weight is 510 g/mol. The Balaban J connectivity index is 0.00000300. The Bertz CT molecular complexity index is 854. The molecular formula is C21H27IN4O3. The van der Waals surface area contributed by atoms with E-state index in [0.29, 0.717) is 31.5 Å². The predicted octanol–water partition coefficient (Wildman–Crippen LogP) is 3.99. The monoisotopic (exact) mass is 510 g/mol. The van der Waals surface area contributed by atoms with Crippen LogP contribution in [0.3, 0.4) is 0 Å². The number of halogens is 1. The predicted molar refractivity (Wildman–Crippen MR) is 126 cm³/mol. The number of fused-ring (bicyclic) bond motifs is 1. The van der Waals surface area contributed by atoms with Crippen LogP contribution in [-0.4, -0.2) is 25.1 Å². The number of anilines is 2. The van der Waals surface area contributed by atoms with E-state index in [2.05, 4.69) is 15.6 Å². The third-order valence-corrected chi connectivity index (χ3v) is 4.20. The minimum absolute atomic E-state index is 0. The first-order valence-corrected chi connectivity index (χ1v) is 9.37. The zero-order valence-corrected chi connectivity index (χ0v) is 18.9. The second-order valence-electron chi connectivity index (χ2n) is 6.88. The first-order valence-electron chi connectivity index (χ1n) is 9.37. The highest BCUT2D eigenvalue weighted by atomic mass is 127. The van der Waals surface area contributed by atoms with Crippen molar-refractivity contribution in [2.75, 3.05) is 23.8 Å². The van der Waals surface area contributed by atoms with Crippen molar-refractivity contribution in [1.29, 1.82) is 0 Å². The maximum atomic E-state index is 11.7. The van der Waals surface area contributed by atoms with Crippen LogP contribution in [0.5, 0.6) is 11.5 Å². The molecule has 1 aliphatic rings. The summed E-state index contributed by atoms with van der Waals surface area (Å²) >= 11 is 0. The summed E-state index contributed by atoms with van der Waals surface area (Å²) in [7, 11) is 0. The fraction of sp³-hybridized carbons (Fsp3) is 0.333. The van der Waals surface area contributed by atoms with Gasteiger partial charge in [0, 0.05) is 29.8 Å². The number of carbonyl (C=O) groups excluding carboxylic acids is 1. The van der Waals surface area contributed by atoms with Gasteiger partial charge in [-0.05, 0) is 29.8 Å². The van der Waals surface area contributed by atoms with Crippen molar-refractivity contribution in [2.45, 2.75) is 26.8 Å². The Labute approximate surface area is 188 Å². The van der Waals surface area contributed by atoms with Crippen molar-refractivity contribution in [3.63, 3.8) is 0 Å². The van der Waals surface area contributed by atoms with Gasteiger partial charge in [-0.15, -0.1) is 24.0 Å². The van der Waals surface area contributed by atoms with Gasteiger partial charge in [0.05, 0.1) is 19.8 Å². The quantitative estimate of drug-likeness (QED) is 0.321. The lowest BCUT2D eigenvalue weighted by atomic mass is 10.2. The van der Waals surface area contributed by atoms with Crippen molar-refractivity contribution >= 4 is 47.2 Å². The van der Waals surface area contributed by atoms with Crippen molar-refractivity contribution in [2.24, 2.45) is 16.6 Å². The van der Waals surface area contributed by atoms with E-state index in [9.17, 15) is 4.79 Å². The van der Waals surface area contributed by atoms with Crippen LogP contribution in [-0.2, 0) is 11.3 Å². The van der Waals surface area contributed by atoms with Crippen LogP contribution in [0.15, 0.2) is 47.5 Å². The van der Waals surface area contributed by atoms with E-state index in [1.54, 1.807) is 0 Å². The van der Waals surface area contributed by atoms with Gasteiger partial charge in [-0.1, -0.05) is 26.0 Å². The van der Waals surface area contributed by atoms with Crippen LogP contribution < -0.4 is 25.8 Å². The number of carbonyl (C=O) groups is 1. The van der Waals surface area contributed by atoms with Crippen molar-refractivity contribution in [3.8, 4) is 11.5 Å². The third kappa shape index (κ3) is 6.81. The van der Waals surface area contributed by atoms with Gasteiger partial charge in [-0.25, -0.2) is 4.99 Å². The number of guanidine groups is 1. The highest BCUT2D eigenvalue weighted by Gasteiger charge is 2.11. The van der Waals surface area contributed by atoms with E-state index in [4.69, 9.17) is 15.2 Å². The molecule has 7 nitrogen and oxygen atoms in total. The van der Waals surface area contributed by atoms with Gasteiger partial charge in [0.2, 0.25) is 5.91 Å². The number of amides is 1. The number of nitrogens with two attached hydrogens (primary N) is 1. The summed E-state index contributed by atoms with van der Waals surface area (Å²) in [6.07, 6.45) is 0.862. The molecule has 0 saturated carbocycles. The van der Waals surface area contributed by atoms with Gasteiger partial charge in [-0.3, -0.25) is 4.79 Å². The zero-order chi connectivity index (χ0) is 19.9. The van der Waals surface area contributed by atoms with Crippen LogP contribution in [0, 0.1) is 5.92 Å². The zero-order valence-electron chi connectivity index (χ0n) is 16.6. The molecule has 29 heavy (non-hydrogen) atoms. The van der Waals surface area contributed by atoms with E-state index in [0.717, 1.165) is 29.1 Å². The smallest absolute Gasteiger partial charge is 0.226 e. The number of nitrogens with one attached hydrogen (secondary N) is 2. The summed E-state index contributed by atoms with van der Waals surface area (Å²) in [5.74, 6) is 1.69. The van der Waals surface area contributed by atoms with Crippen molar-refractivity contribution in [3.05, 3.63) is 48.0 Å². The molecule has 0 unspecified atom stereocenters. The molecule has 1 aliphatic heterocycles. The fourth-order valence-corrected chi connectivity index (χ4v) is 2.58. The van der Waals surface area contributed by atoms with Crippen LogP contribution >= 0.6 is 24.0 Å². The Morgan fingerprint density at radius 3 is 2.38 bits per heavy atom. The summed E-state index contributed by atoms with van der Waals surface area (Å²) < 4.78 is 11.3. The highest BCUT2D eigenvalue weighted by Crippen LogP contribution is 2.32. The van der Waals surface area contributed by atoms with E-state index >= 15 is 0 Å². The molecule has 0 saturated heterocycles. The lowest BCUT2D eigenvalue weighted by molar-refractivity contribution is -0.118. The molecule has 2 aromatic carbocycles. The number of aliphatic imine (C=N–C) groups is 1. The maximum absolute atomic E-state index is 11.7. The van der Waals surface area contributed by atoms with Crippen LogP contribution in [0.2, 0.25) is 0 Å². The summed E-state index contributed by atoms with van der Waals surface area (Å²) in [5, 5.41) is 5.93. The molecule has 3 rings (SSSR count). The standard InChI is InChI=1S/C21H26N4O3.HI/c1-14(2)20(26)24-16-6-4-15(5-7-16)13-23-21(22)25-17-8-9-18-19(12-17)28-11-3-10-27-18;/h4-9,12,14H,3,10-11,13H2,1-2H3,(H,24,26)(H3,22,23,25);1H. The van der Waals surface area contributed by atoms with Crippen LogP contribution in [0.1, 0.15) is 25.8 Å². The summed E-state index contributed by atoms with van der Waals surface area (Å²) in [6.45, 7) is 5.44. The molecule has 0 bridgehead atoms. The molecule has 0 aromatic heterocycles. The Morgan fingerprint density at radius 1 is 1.03 bits per heavy atom. The number of nitrogens with zero attached hydrogens (tertiary/aromatic N) is 1. The molecule has 0 radical (unpaired) electrons. The Kier molecular flexibility index (Phi) is 8.56. The number of hydrogen-bond donors (Lipinski definition) is 3. The van der Waals surface area contributed by atoms with Gasteiger partial charge >= 0.3 is 0 Å². The number of hydrogen-bond acceptors (Lipinski definition) is 4. The second-order valence-corrected chi connectivity index (χ2v) is 6.88. The third-order valence-electron chi connectivity index (χ3n) is 4.20. The van der Waals surface area contributed by atoms with E-state index in [1.165, 1.54) is 0 Å². The van der Waals surface area contributed by atoms with Gasteiger partial charge in [0.15, 0.2) is 17.5 Å². The van der Waals surface area contributed by atoms with Crippen molar-refractivity contribution < 1.29 is 14.3 Å². The molecule has 0 spiro atoms. The first kappa shape index (κ1) is 22.8. The lowest BCUT2D eigenvalue weighted by Crippen LogP contribution is -2.22. The second kappa shape index (κ2) is 10.9. The van der Waals surface area contributed by atoms with Crippen LogP contribution in [0.25, 0.3) is 0 Å². The number of rotatable bonds is 5. The molecule has 8 heteroatoms. The Morgan fingerprint density at radius 2 is 1.69 bits per heavy atom. The molecule has 0 aliphatic carbocycles. The summed E-state index contributed by atoms with van der Waals surface area (Å²) in [4.78, 5) is 16.1. The van der Waals surface area contributed by atoms with E-state index in [-0.39, 0.29) is 35.8 Å². The van der Waals surface area contributed by atoms with Gasteiger partial charge in [0.1, 0.15) is 0 Å². The molecule has 0 fully saturated rings. The average Bonchev–Trinajstić information content (AvgIpc) is 2.92. The van der Waals surface area contributed by atoms with Gasteiger partial charge in [0.25, 0.3) is 0 Å². The minimum Gasteiger partial charge on any atom is -0.490 e. The minimum atomic E-state index is -0.0555. The maximum Gasteiger partial charge on any atom is 0.226 e. The number of benzene rings is 2. The van der Waals surface area contributed by atoms with E-state index in [1.807, 2.05) is 56.3 Å². The molecular weight excluding hydrogens is 483 g/mol. The molecule has 4 N–H and O–H groups in total. The molecule has 1 amide bonds. The number of ether oxygens (including phenoxy) is 2. The van der Waals surface area contributed by atoms with Crippen molar-refractivity contribution in [1.82, 2.24) is 0 Å².